The zero-order valence-electron chi connectivity index (χ0n) is 22.3. The molecule has 3 aromatic rings. The largest absolute Gasteiger partial charge is 0.497 e. The van der Waals surface area contributed by atoms with Gasteiger partial charge in [-0.1, -0.05) is 43.5 Å². The second kappa shape index (κ2) is 13.3. The van der Waals surface area contributed by atoms with Crippen LogP contribution in [0.1, 0.15) is 54.1 Å². The van der Waals surface area contributed by atoms with Gasteiger partial charge in [-0.25, -0.2) is 0 Å². The highest BCUT2D eigenvalue weighted by Gasteiger charge is 2.34. The van der Waals surface area contributed by atoms with Crippen LogP contribution in [0.2, 0.25) is 0 Å². The van der Waals surface area contributed by atoms with Crippen molar-refractivity contribution in [3.8, 4) is 17.2 Å². The third-order valence-corrected chi connectivity index (χ3v) is 7.82. The van der Waals surface area contributed by atoms with Crippen molar-refractivity contribution < 1.29 is 23.8 Å². The van der Waals surface area contributed by atoms with Crippen LogP contribution in [0.3, 0.4) is 0 Å². The van der Waals surface area contributed by atoms with E-state index in [0.29, 0.717) is 22.8 Å². The Morgan fingerprint density at radius 1 is 0.947 bits per heavy atom. The van der Waals surface area contributed by atoms with Gasteiger partial charge >= 0.3 is 0 Å². The fourth-order valence-electron chi connectivity index (χ4n) is 4.98. The summed E-state index contributed by atoms with van der Waals surface area (Å²) in [7, 11) is 4.75. The van der Waals surface area contributed by atoms with E-state index in [0.717, 1.165) is 36.1 Å². The van der Waals surface area contributed by atoms with Crippen molar-refractivity contribution in [2.45, 2.75) is 57.2 Å². The van der Waals surface area contributed by atoms with Crippen LogP contribution in [0.15, 0.2) is 60.0 Å². The maximum Gasteiger partial charge on any atom is 0.247 e. The molecule has 0 spiro atoms. The van der Waals surface area contributed by atoms with E-state index in [9.17, 15) is 9.59 Å². The molecule has 0 unspecified atom stereocenters. The van der Waals surface area contributed by atoms with E-state index in [-0.39, 0.29) is 30.8 Å². The Morgan fingerprint density at radius 2 is 1.74 bits per heavy atom. The molecule has 202 valence electrons. The quantitative estimate of drug-likeness (QED) is 0.348. The molecule has 1 N–H and O–H groups in total. The molecule has 2 amide bonds. The minimum absolute atomic E-state index is 0.102. The number of nitrogens with zero attached hydrogens (tertiary/aromatic N) is 1. The predicted molar refractivity (Wildman–Crippen MR) is 149 cm³/mol. The first kappa shape index (κ1) is 27.5. The molecule has 0 saturated heterocycles. The molecule has 0 aliphatic heterocycles. The lowest BCUT2D eigenvalue weighted by atomic mass is 9.94. The first-order valence-electron chi connectivity index (χ1n) is 13.0. The molecule has 0 radical (unpaired) electrons. The summed E-state index contributed by atoms with van der Waals surface area (Å²) in [5.74, 6) is 1.45. The summed E-state index contributed by atoms with van der Waals surface area (Å²) >= 11 is 1.53. The number of amides is 2. The van der Waals surface area contributed by atoms with Crippen molar-refractivity contribution in [1.29, 1.82) is 0 Å². The van der Waals surface area contributed by atoms with Gasteiger partial charge in [0.1, 0.15) is 11.8 Å². The minimum Gasteiger partial charge on any atom is -0.497 e. The SMILES string of the molecule is COc1cccc(CN(C(=O)Cc2cccs2)[C@H](C(=O)NC2CCCCC2)c2ccc(OC)c(OC)c2)c1. The average molecular weight is 537 g/mol. The number of benzene rings is 2. The van der Waals surface area contributed by atoms with Gasteiger partial charge in [0.25, 0.3) is 0 Å². The van der Waals surface area contributed by atoms with Crippen LogP contribution in [-0.4, -0.2) is 44.1 Å². The third-order valence-electron chi connectivity index (χ3n) is 6.95. The lowest BCUT2D eigenvalue weighted by Crippen LogP contribution is -2.47. The van der Waals surface area contributed by atoms with Gasteiger partial charge in [0.05, 0.1) is 27.8 Å². The molecule has 0 bridgehead atoms. The second-order valence-corrected chi connectivity index (χ2v) is 10.5. The molecule has 1 fully saturated rings. The molecule has 1 aliphatic rings. The Morgan fingerprint density at radius 3 is 2.42 bits per heavy atom. The number of thiophene rings is 1. The van der Waals surface area contributed by atoms with Crippen molar-refractivity contribution in [2.75, 3.05) is 21.3 Å². The van der Waals surface area contributed by atoms with Crippen LogP contribution < -0.4 is 19.5 Å². The summed E-state index contributed by atoms with van der Waals surface area (Å²) < 4.78 is 16.4. The van der Waals surface area contributed by atoms with Crippen LogP contribution in [0.25, 0.3) is 0 Å². The Kier molecular flexibility index (Phi) is 9.65. The first-order chi connectivity index (χ1) is 18.5. The van der Waals surface area contributed by atoms with E-state index < -0.39 is 6.04 Å². The van der Waals surface area contributed by atoms with Crippen LogP contribution >= 0.6 is 11.3 Å². The van der Waals surface area contributed by atoms with Gasteiger partial charge in [-0.15, -0.1) is 11.3 Å². The highest BCUT2D eigenvalue weighted by Crippen LogP contribution is 2.34. The molecular formula is C30H36N2O5S. The number of hydrogen-bond donors (Lipinski definition) is 1. The standard InChI is InChI=1S/C30H36N2O5S/c1-35-24-12-7-9-21(17-24)20-32(28(33)19-25-13-8-16-38-25)29(30(34)31-23-10-5-4-6-11-23)22-14-15-26(36-2)27(18-22)37-3/h7-9,12-18,23,29H,4-6,10-11,19-20H2,1-3H3,(H,31,34)/t29-/m0/s1. The molecule has 1 atom stereocenters. The molecular weight excluding hydrogens is 500 g/mol. The van der Waals surface area contributed by atoms with Crippen molar-refractivity contribution in [2.24, 2.45) is 0 Å². The smallest absolute Gasteiger partial charge is 0.247 e. The van der Waals surface area contributed by atoms with Gasteiger partial charge in [0.15, 0.2) is 11.5 Å². The highest BCUT2D eigenvalue weighted by molar-refractivity contribution is 7.10. The zero-order chi connectivity index (χ0) is 26.9. The van der Waals surface area contributed by atoms with Gasteiger partial charge in [-0.2, -0.15) is 0 Å². The van der Waals surface area contributed by atoms with E-state index in [1.54, 1.807) is 38.4 Å². The highest BCUT2D eigenvalue weighted by atomic mass is 32.1. The van der Waals surface area contributed by atoms with Crippen molar-refractivity contribution in [1.82, 2.24) is 10.2 Å². The van der Waals surface area contributed by atoms with E-state index in [1.165, 1.54) is 17.8 Å². The molecule has 2 aromatic carbocycles. The molecule has 4 rings (SSSR count). The predicted octanol–water partition coefficient (Wildman–Crippen LogP) is 5.54. The first-order valence-corrected chi connectivity index (χ1v) is 13.9. The second-order valence-electron chi connectivity index (χ2n) is 9.49. The maximum absolute atomic E-state index is 14.0. The minimum atomic E-state index is -0.851. The Labute approximate surface area is 228 Å². The lowest BCUT2D eigenvalue weighted by Gasteiger charge is -2.34. The van der Waals surface area contributed by atoms with Crippen molar-refractivity contribution in [3.05, 3.63) is 76.0 Å². The number of rotatable bonds is 11. The summed E-state index contributed by atoms with van der Waals surface area (Å²) in [6, 6.07) is 16.1. The van der Waals surface area contributed by atoms with Gasteiger partial charge in [-0.05, 0) is 59.7 Å². The van der Waals surface area contributed by atoms with E-state index in [2.05, 4.69) is 5.32 Å². The number of hydrogen-bond acceptors (Lipinski definition) is 6. The lowest BCUT2D eigenvalue weighted by molar-refractivity contribution is -0.141. The maximum atomic E-state index is 14.0. The molecule has 38 heavy (non-hydrogen) atoms. The molecule has 1 saturated carbocycles. The molecule has 8 heteroatoms. The average Bonchev–Trinajstić information content (AvgIpc) is 3.46. The molecule has 1 heterocycles. The summed E-state index contributed by atoms with van der Waals surface area (Å²) in [5, 5.41) is 5.21. The molecule has 1 aromatic heterocycles. The van der Waals surface area contributed by atoms with Crippen molar-refractivity contribution in [3.63, 3.8) is 0 Å². The number of ether oxygens (including phenoxy) is 3. The number of methoxy groups -OCH3 is 3. The number of nitrogens with one attached hydrogen (secondary N) is 1. The van der Waals surface area contributed by atoms with E-state index in [4.69, 9.17) is 14.2 Å². The van der Waals surface area contributed by atoms with Gasteiger partial charge in [0.2, 0.25) is 11.8 Å². The Hall–Kier alpha value is -3.52. The summed E-state index contributed by atoms with van der Waals surface area (Å²) in [6.45, 7) is 0.249. The summed E-state index contributed by atoms with van der Waals surface area (Å²) in [4.78, 5) is 30.6. The fourth-order valence-corrected chi connectivity index (χ4v) is 5.67. The van der Waals surface area contributed by atoms with E-state index in [1.807, 2.05) is 47.8 Å². The zero-order valence-corrected chi connectivity index (χ0v) is 23.1. The normalized spacial score (nSPS) is 14.4. The fraction of sp³-hybridized carbons (Fsp3) is 0.400. The molecule has 1 aliphatic carbocycles. The van der Waals surface area contributed by atoms with Crippen molar-refractivity contribution >= 4 is 23.2 Å². The van der Waals surface area contributed by atoms with Gasteiger partial charge in [0, 0.05) is 17.5 Å². The topological polar surface area (TPSA) is 77.1 Å². The van der Waals surface area contributed by atoms with Crippen LogP contribution in [0.5, 0.6) is 17.2 Å². The number of carbonyl (C=O) groups excluding carboxylic acids is 2. The third kappa shape index (κ3) is 6.86. The number of carbonyl (C=O) groups is 2. The summed E-state index contributed by atoms with van der Waals surface area (Å²) in [6.07, 6.45) is 5.48. The summed E-state index contributed by atoms with van der Waals surface area (Å²) in [5.41, 5.74) is 1.54. The van der Waals surface area contributed by atoms with Crippen LogP contribution in [-0.2, 0) is 22.6 Å². The van der Waals surface area contributed by atoms with Crippen LogP contribution in [0, 0.1) is 0 Å². The molecule has 7 nitrogen and oxygen atoms in total. The Bertz CT molecular complexity index is 1210. The van der Waals surface area contributed by atoms with Gasteiger partial charge < -0.3 is 24.4 Å². The van der Waals surface area contributed by atoms with Gasteiger partial charge in [-0.3, -0.25) is 9.59 Å². The van der Waals surface area contributed by atoms with Crippen LogP contribution in [0.4, 0.5) is 0 Å². The van der Waals surface area contributed by atoms with E-state index >= 15 is 0 Å². The Balaban J connectivity index is 1.75. The monoisotopic (exact) mass is 536 g/mol.